The van der Waals surface area contributed by atoms with E-state index in [4.69, 9.17) is 15.6 Å². The fraction of sp³-hybridized carbons (Fsp3) is 0.875. The number of aliphatic hydroxyl groups excluding tert-OH is 1. The highest BCUT2D eigenvalue weighted by molar-refractivity contribution is 5.84. The molecule has 5 nitrogen and oxygen atoms in total. The first-order chi connectivity index (χ1) is 5.98. The van der Waals surface area contributed by atoms with Crippen LogP contribution < -0.4 is 11.1 Å². The van der Waals surface area contributed by atoms with Gasteiger partial charge in [0, 0.05) is 6.54 Å². The van der Waals surface area contributed by atoms with Crippen LogP contribution in [0.25, 0.3) is 0 Å². The van der Waals surface area contributed by atoms with E-state index in [2.05, 4.69) is 5.32 Å². The van der Waals surface area contributed by atoms with E-state index in [9.17, 15) is 4.79 Å². The lowest BCUT2D eigenvalue weighted by atomic mass is 10.1. The van der Waals surface area contributed by atoms with Crippen molar-refractivity contribution in [2.75, 3.05) is 26.4 Å². The average Bonchev–Trinajstić information content (AvgIpc) is 2.02. The standard InChI is InChI=1S/C8H18N2O3/c1-8(2,9)7(12)10-3-5-13-6-4-11/h11H,3-6,9H2,1-2H3,(H,10,12). The highest BCUT2D eigenvalue weighted by Gasteiger charge is 2.20. The second-order valence-corrected chi connectivity index (χ2v) is 3.31. The van der Waals surface area contributed by atoms with E-state index in [0.717, 1.165) is 0 Å². The van der Waals surface area contributed by atoms with Crippen LogP contribution in [0, 0.1) is 0 Å². The van der Waals surface area contributed by atoms with Crippen LogP contribution in [-0.4, -0.2) is 42.9 Å². The van der Waals surface area contributed by atoms with E-state index < -0.39 is 5.54 Å². The molecule has 5 heteroatoms. The number of carbonyl (C=O) groups excluding carboxylic acids is 1. The molecule has 0 rings (SSSR count). The fourth-order valence-corrected chi connectivity index (χ4v) is 0.631. The Hall–Kier alpha value is -0.650. The lowest BCUT2D eigenvalue weighted by Gasteiger charge is -2.17. The molecule has 0 spiro atoms. The van der Waals surface area contributed by atoms with Crippen LogP contribution in [0.2, 0.25) is 0 Å². The van der Waals surface area contributed by atoms with Crippen LogP contribution in [-0.2, 0) is 9.53 Å². The minimum atomic E-state index is -0.850. The Kier molecular flexibility index (Phi) is 5.61. The van der Waals surface area contributed by atoms with Gasteiger partial charge in [0.1, 0.15) is 0 Å². The maximum Gasteiger partial charge on any atom is 0.239 e. The van der Waals surface area contributed by atoms with Gasteiger partial charge in [0.05, 0.1) is 25.4 Å². The van der Waals surface area contributed by atoms with Gasteiger partial charge in [-0.1, -0.05) is 0 Å². The lowest BCUT2D eigenvalue weighted by molar-refractivity contribution is -0.125. The van der Waals surface area contributed by atoms with Crippen molar-refractivity contribution in [2.45, 2.75) is 19.4 Å². The molecule has 0 bridgehead atoms. The number of ether oxygens (including phenoxy) is 1. The summed E-state index contributed by atoms with van der Waals surface area (Å²) < 4.78 is 4.94. The number of rotatable bonds is 6. The summed E-state index contributed by atoms with van der Waals surface area (Å²) in [6, 6.07) is 0. The molecule has 0 aromatic rings. The predicted molar refractivity (Wildman–Crippen MR) is 49.2 cm³/mol. The lowest BCUT2D eigenvalue weighted by Crippen LogP contribution is -2.49. The summed E-state index contributed by atoms with van der Waals surface area (Å²) in [6.45, 7) is 4.37. The highest BCUT2D eigenvalue weighted by Crippen LogP contribution is 1.94. The Morgan fingerprint density at radius 3 is 2.62 bits per heavy atom. The fourth-order valence-electron chi connectivity index (χ4n) is 0.631. The minimum absolute atomic E-state index is 0.00364. The Morgan fingerprint density at radius 2 is 2.15 bits per heavy atom. The number of nitrogens with two attached hydrogens (primary N) is 1. The quantitative estimate of drug-likeness (QED) is 0.462. The van der Waals surface area contributed by atoms with Crippen molar-refractivity contribution in [1.29, 1.82) is 0 Å². The Bertz CT molecular complexity index is 154. The Balaban J connectivity index is 3.38. The second kappa shape index (κ2) is 5.90. The molecule has 0 aliphatic rings. The van der Waals surface area contributed by atoms with Crippen LogP contribution >= 0.6 is 0 Å². The molecule has 4 N–H and O–H groups in total. The average molecular weight is 190 g/mol. The van der Waals surface area contributed by atoms with Gasteiger partial charge in [-0.05, 0) is 13.8 Å². The first kappa shape index (κ1) is 12.3. The molecule has 0 atom stereocenters. The van der Waals surface area contributed by atoms with Crippen molar-refractivity contribution in [3.8, 4) is 0 Å². The Labute approximate surface area is 78.3 Å². The van der Waals surface area contributed by atoms with Crippen molar-refractivity contribution in [3.63, 3.8) is 0 Å². The summed E-state index contributed by atoms with van der Waals surface area (Å²) in [5.74, 6) is -0.208. The normalized spacial score (nSPS) is 11.4. The summed E-state index contributed by atoms with van der Waals surface area (Å²) in [6.07, 6.45) is 0. The van der Waals surface area contributed by atoms with Gasteiger partial charge < -0.3 is 20.9 Å². The molecule has 0 fully saturated rings. The zero-order valence-corrected chi connectivity index (χ0v) is 8.17. The molecule has 0 aromatic carbocycles. The first-order valence-corrected chi connectivity index (χ1v) is 4.24. The highest BCUT2D eigenvalue weighted by atomic mass is 16.5. The number of amides is 1. The number of nitrogens with one attached hydrogen (secondary N) is 1. The van der Waals surface area contributed by atoms with Crippen molar-refractivity contribution in [2.24, 2.45) is 5.73 Å². The Morgan fingerprint density at radius 1 is 1.54 bits per heavy atom. The minimum Gasteiger partial charge on any atom is -0.394 e. The molecule has 0 unspecified atom stereocenters. The van der Waals surface area contributed by atoms with Gasteiger partial charge in [-0.15, -0.1) is 0 Å². The van der Waals surface area contributed by atoms with Gasteiger partial charge in [0.25, 0.3) is 0 Å². The molecule has 13 heavy (non-hydrogen) atoms. The summed E-state index contributed by atoms with van der Waals surface area (Å²) in [5, 5.41) is 11.0. The van der Waals surface area contributed by atoms with Crippen LogP contribution in [0.1, 0.15) is 13.8 Å². The predicted octanol–water partition coefficient (Wildman–Crippen LogP) is -1.15. The van der Waals surface area contributed by atoms with Gasteiger partial charge in [-0.2, -0.15) is 0 Å². The molecule has 1 amide bonds. The zero-order chi connectivity index (χ0) is 10.3. The number of hydrogen-bond acceptors (Lipinski definition) is 4. The molecular formula is C8H18N2O3. The molecule has 0 aliphatic carbocycles. The van der Waals surface area contributed by atoms with Crippen LogP contribution in [0.15, 0.2) is 0 Å². The molecule has 78 valence electrons. The molecule has 0 aromatic heterocycles. The number of hydrogen-bond donors (Lipinski definition) is 3. The summed E-state index contributed by atoms with van der Waals surface area (Å²) in [5.41, 5.74) is 4.68. The van der Waals surface area contributed by atoms with E-state index >= 15 is 0 Å². The van der Waals surface area contributed by atoms with Crippen LogP contribution in [0.4, 0.5) is 0 Å². The van der Waals surface area contributed by atoms with Gasteiger partial charge in [0.15, 0.2) is 0 Å². The maximum absolute atomic E-state index is 11.2. The van der Waals surface area contributed by atoms with Gasteiger partial charge in [0.2, 0.25) is 5.91 Å². The van der Waals surface area contributed by atoms with Gasteiger partial charge in [-0.25, -0.2) is 0 Å². The van der Waals surface area contributed by atoms with E-state index in [1.807, 2.05) is 0 Å². The maximum atomic E-state index is 11.2. The second-order valence-electron chi connectivity index (χ2n) is 3.31. The molecule has 0 saturated carbocycles. The van der Waals surface area contributed by atoms with Crippen LogP contribution in [0.3, 0.4) is 0 Å². The smallest absolute Gasteiger partial charge is 0.239 e. The van der Waals surface area contributed by atoms with Crippen molar-refractivity contribution >= 4 is 5.91 Å². The van der Waals surface area contributed by atoms with E-state index in [1.54, 1.807) is 13.8 Å². The molecule has 0 aliphatic heterocycles. The summed E-state index contributed by atoms with van der Waals surface area (Å²) in [7, 11) is 0. The van der Waals surface area contributed by atoms with Gasteiger partial charge in [-0.3, -0.25) is 4.79 Å². The summed E-state index contributed by atoms with van der Waals surface area (Å²) >= 11 is 0. The molecule has 0 radical (unpaired) electrons. The SMILES string of the molecule is CC(C)(N)C(=O)NCCOCCO. The van der Waals surface area contributed by atoms with Gasteiger partial charge >= 0.3 is 0 Å². The molecule has 0 saturated heterocycles. The monoisotopic (exact) mass is 190 g/mol. The largest absolute Gasteiger partial charge is 0.394 e. The molecule has 0 heterocycles. The third-order valence-corrected chi connectivity index (χ3v) is 1.35. The molecular weight excluding hydrogens is 172 g/mol. The van der Waals surface area contributed by atoms with Crippen molar-refractivity contribution in [3.05, 3.63) is 0 Å². The van der Waals surface area contributed by atoms with Crippen molar-refractivity contribution in [1.82, 2.24) is 5.32 Å². The number of carbonyl (C=O) groups is 1. The van der Waals surface area contributed by atoms with E-state index in [-0.39, 0.29) is 12.5 Å². The number of aliphatic hydroxyl groups is 1. The third-order valence-electron chi connectivity index (χ3n) is 1.35. The van der Waals surface area contributed by atoms with Crippen LogP contribution in [0.5, 0.6) is 0 Å². The van der Waals surface area contributed by atoms with Crippen molar-refractivity contribution < 1.29 is 14.6 Å². The summed E-state index contributed by atoms with van der Waals surface area (Å²) in [4.78, 5) is 11.2. The van der Waals surface area contributed by atoms with E-state index in [0.29, 0.717) is 19.8 Å². The third kappa shape index (κ3) is 6.51. The topological polar surface area (TPSA) is 84.6 Å². The first-order valence-electron chi connectivity index (χ1n) is 4.24. The zero-order valence-electron chi connectivity index (χ0n) is 8.17. The van der Waals surface area contributed by atoms with E-state index in [1.165, 1.54) is 0 Å².